The summed E-state index contributed by atoms with van der Waals surface area (Å²) in [7, 11) is 2.20. The van der Waals surface area contributed by atoms with Crippen molar-refractivity contribution in [3.8, 4) is 0 Å². The second-order valence-electron chi connectivity index (χ2n) is 5.38. The molecule has 0 amide bonds. The van der Waals surface area contributed by atoms with Gasteiger partial charge in [-0.15, -0.1) is 0 Å². The van der Waals surface area contributed by atoms with Gasteiger partial charge in [0.2, 0.25) is 0 Å². The number of nitrogens with one attached hydrogen (secondary N) is 1. The molecular weight excluding hydrogens is 312 g/mol. The number of piperidine rings is 1. The smallest absolute Gasteiger partial charge is 0.0648 e. The van der Waals surface area contributed by atoms with Crippen LogP contribution in [0.4, 0.5) is 5.69 Å². The third kappa shape index (κ3) is 3.19. The van der Waals surface area contributed by atoms with Crippen LogP contribution >= 0.6 is 27.5 Å². The molecule has 1 fully saturated rings. The summed E-state index contributed by atoms with van der Waals surface area (Å²) in [5.41, 5.74) is 1.04. The number of hydrogen-bond donors (Lipinski definition) is 1. The molecule has 3 atom stereocenters. The normalized spacial score (nSPS) is 29.3. The topological polar surface area (TPSA) is 15.3 Å². The van der Waals surface area contributed by atoms with E-state index in [1.165, 1.54) is 0 Å². The predicted molar refractivity (Wildman–Crippen MR) is 82.4 cm³/mol. The lowest BCUT2D eigenvalue weighted by molar-refractivity contribution is 0.145. The van der Waals surface area contributed by atoms with Crippen molar-refractivity contribution >= 4 is 33.2 Å². The molecule has 3 unspecified atom stereocenters. The average Bonchev–Trinajstić information content (AvgIpc) is 2.29. The highest BCUT2D eigenvalue weighted by atomic mass is 79.9. The van der Waals surface area contributed by atoms with Gasteiger partial charge in [0.05, 0.1) is 10.7 Å². The maximum atomic E-state index is 6.26. The molecule has 0 aromatic heterocycles. The van der Waals surface area contributed by atoms with Gasteiger partial charge in [0.15, 0.2) is 0 Å². The molecule has 1 aromatic rings. The Bertz CT molecular complexity index is 424. The van der Waals surface area contributed by atoms with Crippen molar-refractivity contribution in [1.29, 1.82) is 0 Å². The fraction of sp³-hybridized carbons (Fsp3) is 0.571. The van der Waals surface area contributed by atoms with E-state index in [0.717, 1.165) is 28.1 Å². The van der Waals surface area contributed by atoms with Gasteiger partial charge >= 0.3 is 0 Å². The van der Waals surface area contributed by atoms with Gasteiger partial charge in [0.1, 0.15) is 0 Å². The molecule has 0 aliphatic carbocycles. The van der Waals surface area contributed by atoms with Crippen LogP contribution in [0.15, 0.2) is 22.7 Å². The van der Waals surface area contributed by atoms with Crippen LogP contribution in [0.25, 0.3) is 0 Å². The van der Waals surface area contributed by atoms with Gasteiger partial charge in [-0.3, -0.25) is 0 Å². The lowest BCUT2D eigenvalue weighted by Crippen LogP contribution is -2.48. The molecule has 2 rings (SSSR count). The summed E-state index contributed by atoms with van der Waals surface area (Å²) in [6, 6.07) is 7.12. The van der Waals surface area contributed by atoms with Crippen LogP contribution in [0.3, 0.4) is 0 Å². The molecule has 2 nitrogen and oxygen atoms in total. The van der Waals surface area contributed by atoms with Crippen LogP contribution in [0.2, 0.25) is 5.02 Å². The maximum absolute atomic E-state index is 6.26. The molecule has 1 aliphatic rings. The Morgan fingerprint density at radius 1 is 1.39 bits per heavy atom. The van der Waals surface area contributed by atoms with Gasteiger partial charge < -0.3 is 10.2 Å². The van der Waals surface area contributed by atoms with E-state index in [2.05, 4.69) is 47.0 Å². The van der Waals surface area contributed by atoms with Gasteiger partial charge in [0.25, 0.3) is 0 Å². The first kappa shape index (κ1) is 14.2. The zero-order valence-corrected chi connectivity index (χ0v) is 13.4. The highest BCUT2D eigenvalue weighted by molar-refractivity contribution is 9.10. The first-order valence-electron chi connectivity index (χ1n) is 6.39. The van der Waals surface area contributed by atoms with Gasteiger partial charge in [-0.1, -0.05) is 34.5 Å². The van der Waals surface area contributed by atoms with Crippen molar-refractivity contribution in [1.82, 2.24) is 4.90 Å². The summed E-state index contributed by atoms with van der Waals surface area (Å²) < 4.78 is 1.02. The molecule has 1 saturated heterocycles. The third-order valence-electron chi connectivity index (χ3n) is 3.88. The zero-order chi connectivity index (χ0) is 13.3. The number of nitrogens with zero attached hydrogens (tertiary/aromatic N) is 1. The molecular formula is C14H20BrClN2. The molecule has 1 N–H and O–H groups in total. The number of likely N-dealkylation sites (tertiary alicyclic amines) is 1. The molecule has 1 aliphatic heterocycles. The van der Waals surface area contributed by atoms with E-state index < -0.39 is 0 Å². The van der Waals surface area contributed by atoms with Crippen molar-refractivity contribution in [3.63, 3.8) is 0 Å². The second-order valence-corrected chi connectivity index (χ2v) is 6.70. The van der Waals surface area contributed by atoms with Crippen molar-refractivity contribution in [2.45, 2.75) is 32.4 Å². The summed E-state index contributed by atoms with van der Waals surface area (Å²) >= 11 is 9.69. The lowest BCUT2D eigenvalue weighted by Gasteiger charge is -2.40. The van der Waals surface area contributed by atoms with Crippen LogP contribution in [0.1, 0.15) is 20.3 Å². The zero-order valence-electron chi connectivity index (χ0n) is 11.1. The number of halogens is 2. The Labute approximate surface area is 123 Å². The monoisotopic (exact) mass is 330 g/mol. The first-order valence-corrected chi connectivity index (χ1v) is 7.56. The van der Waals surface area contributed by atoms with Crippen LogP contribution in [-0.4, -0.2) is 30.6 Å². The van der Waals surface area contributed by atoms with Crippen LogP contribution in [0.5, 0.6) is 0 Å². The molecule has 1 heterocycles. The minimum atomic E-state index is 0.495. The number of anilines is 1. The van der Waals surface area contributed by atoms with E-state index in [1.54, 1.807) is 0 Å². The summed E-state index contributed by atoms with van der Waals surface area (Å²) in [5.74, 6) is 0.630. The lowest BCUT2D eigenvalue weighted by atomic mass is 9.89. The fourth-order valence-electron chi connectivity index (χ4n) is 2.55. The van der Waals surface area contributed by atoms with E-state index >= 15 is 0 Å². The van der Waals surface area contributed by atoms with E-state index in [0.29, 0.717) is 18.0 Å². The van der Waals surface area contributed by atoms with Gasteiger partial charge in [-0.05, 0) is 44.5 Å². The van der Waals surface area contributed by atoms with Crippen molar-refractivity contribution in [2.75, 3.05) is 18.9 Å². The Balaban J connectivity index is 2.08. The van der Waals surface area contributed by atoms with E-state index in [9.17, 15) is 0 Å². The minimum absolute atomic E-state index is 0.495. The Hall–Kier alpha value is -0.250. The van der Waals surface area contributed by atoms with Crippen LogP contribution < -0.4 is 5.32 Å². The molecule has 18 heavy (non-hydrogen) atoms. The standard InChI is InChI=1S/C14H20BrClN2/c1-9-8-18(3)10(2)6-14(9)17-13-5-4-11(15)7-12(13)16/h4-5,7,9-10,14,17H,6,8H2,1-3H3. The fourth-order valence-corrected chi connectivity index (χ4v) is 3.28. The summed E-state index contributed by atoms with van der Waals surface area (Å²) in [6.07, 6.45) is 1.16. The van der Waals surface area contributed by atoms with Crippen LogP contribution in [-0.2, 0) is 0 Å². The largest absolute Gasteiger partial charge is 0.381 e. The highest BCUT2D eigenvalue weighted by Crippen LogP contribution is 2.30. The SMILES string of the molecule is CC1CN(C)C(C)CC1Nc1ccc(Br)cc1Cl. The maximum Gasteiger partial charge on any atom is 0.0648 e. The second kappa shape index (κ2) is 5.81. The Morgan fingerprint density at radius 3 is 2.78 bits per heavy atom. The first-order chi connectivity index (χ1) is 8.47. The molecule has 4 heteroatoms. The van der Waals surface area contributed by atoms with Gasteiger partial charge in [-0.25, -0.2) is 0 Å². The summed E-state index contributed by atoms with van der Waals surface area (Å²) in [5, 5.41) is 4.38. The predicted octanol–water partition coefficient (Wildman–Crippen LogP) is 4.24. The minimum Gasteiger partial charge on any atom is -0.381 e. The number of benzene rings is 1. The van der Waals surface area contributed by atoms with E-state index in [4.69, 9.17) is 11.6 Å². The van der Waals surface area contributed by atoms with Gasteiger partial charge in [-0.2, -0.15) is 0 Å². The number of rotatable bonds is 2. The van der Waals surface area contributed by atoms with E-state index in [-0.39, 0.29) is 0 Å². The average molecular weight is 332 g/mol. The molecule has 100 valence electrons. The summed E-state index contributed by atoms with van der Waals surface area (Å²) in [6.45, 7) is 5.71. The molecule has 0 bridgehead atoms. The highest BCUT2D eigenvalue weighted by Gasteiger charge is 2.28. The van der Waals surface area contributed by atoms with Crippen molar-refractivity contribution in [3.05, 3.63) is 27.7 Å². The third-order valence-corrected chi connectivity index (χ3v) is 4.69. The van der Waals surface area contributed by atoms with Gasteiger partial charge in [0, 0.05) is 23.1 Å². The number of hydrogen-bond acceptors (Lipinski definition) is 2. The molecule has 0 radical (unpaired) electrons. The quantitative estimate of drug-likeness (QED) is 0.872. The Kier molecular flexibility index (Phi) is 4.57. The van der Waals surface area contributed by atoms with Crippen molar-refractivity contribution in [2.24, 2.45) is 5.92 Å². The Morgan fingerprint density at radius 2 is 2.11 bits per heavy atom. The van der Waals surface area contributed by atoms with Crippen LogP contribution in [0, 0.1) is 5.92 Å². The molecule has 1 aromatic carbocycles. The summed E-state index contributed by atoms with van der Waals surface area (Å²) in [4.78, 5) is 2.42. The van der Waals surface area contributed by atoms with E-state index in [1.807, 2.05) is 18.2 Å². The molecule has 0 spiro atoms. The molecule has 0 saturated carbocycles. The van der Waals surface area contributed by atoms with Crippen molar-refractivity contribution < 1.29 is 0 Å².